The fraction of sp³-hybridized carbons (Fsp3) is 0.412. The second-order valence-electron chi connectivity index (χ2n) is 6.50. The van der Waals surface area contributed by atoms with Crippen LogP contribution in [-0.4, -0.2) is 31.7 Å². The van der Waals surface area contributed by atoms with Gasteiger partial charge in [0.2, 0.25) is 5.91 Å². The van der Waals surface area contributed by atoms with Gasteiger partial charge in [-0.15, -0.1) is 11.3 Å². The number of hydrogen-bond donors (Lipinski definition) is 2. The van der Waals surface area contributed by atoms with E-state index in [9.17, 15) is 4.79 Å². The lowest BCUT2D eigenvalue weighted by atomic mass is 9.93. The minimum absolute atomic E-state index is 0.0544. The van der Waals surface area contributed by atoms with Gasteiger partial charge in [0.25, 0.3) is 0 Å². The molecule has 8 heteroatoms. The van der Waals surface area contributed by atoms with Crippen LogP contribution in [0.15, 0.2) is 17.8 Å². The van der Waals surface area contributed by atoms with Crippen LogP contribution in [0.4, 0.5) is 5.82 Å². The van der Waals surface area contributed by atoms with Gasteiger partial charge < -0.3 is 10.6 Å². The zero-order valence-corrected chi connectivity index (χ0v) is 15.2. The molecule has 0 aromatic carbocycles. The first kappa shape index (κ1) is 16.0. The van der Waals surface area contributed by atoms with Crippen LogP contribution in [-0.2, 0) is 11.8 Å². The van der Waals surface area contributed by atoms with Crippen molar-refractivity contribution in [1.29, 1.82) is 0 Å². The summed E-state index contributed by atoms with van der Waals surface area (Å²) < 4.78 is 1.75. The van der Waals surface area contributed by atoms with Gasteiger partial charge in [-0.05, 0) is 31.2 Å². The van der Waals surface area contributed by atoms with E-state index in [-0.39, 0.29) is 18.0 Å². The van der Waals surface area contributed by atoms with Crippen LogP contribution in [0.1, 0.15) is 35.8 Å². The molecule has 0 saturated carbocycles. The van der Waals surface area contributed by atoms with E-state index in [0.717, 1.165) is 33.8 Å². The van der Waals surface area contributed by atoms with Gasteiger partial charge >= 0.3 is 0 Å². The van der Waals surface area contributed by atoms with Crippen molar-refractivity contribution in [2.75, 3.05) is 5.32 Å². The second kappa shape index (κ2) is 6.11. The summed E-state index contributed by atoms with van der Waals surface area (Å²) in [4.78, 5) is 22.1. The Morgan fingerprint density at radius 1 is 1.36 bits per heavy atom. The summed E-state index contributed by atoms with van der Waals surface area (Å²) in [7, 11) is 1.88. The van der Waals surface area contributed by atoms with Gasteiger partial charge in [-0.3, -0.25) is 9.48 Å². The van der Waals surface area contributed by atoms with Crippen molar-refractivity contribution < 1.29 is 4.79 Å². The second-order valence-corrected chi connectivity index (χ2v) is 7.36. The monoisotopic (exact) mass is 356 g/mol. The molecule has 0 spiro atoms. The normalized spacial score (nSPS) is 20.7. The summed E-state index contributed by atoms with van der Waals surface area (Å²) in [5.41, 5.74) is 2.16. The number of piperidine rings is 1. The highest BCUT2D eigenvalue weighted by molar-refractivity contribution is 7.17. The van der Waals surface area contributed by atoms with E-state index in [1.54, 1.807) is 16.0 Å². The number of aryl methyl sites for hydroxylation is 3. The number of nitrogens with one attached hydrogen (secondary N) is 2. The van der Waals surface area contributed by atoms with Crippen molar-refractivity contribution in [3.8, 4) is 0 Å². The molecule has 3 aromatic heterocycles. The number of carbonyl (C=O) groups excluding carboxylic acids is 1. The summed E-state index contributed by atoms with van der Waals surface area (Å²) in [5, 5.41) is 14.1. The summed E-state index contributed by atoms with van der Waals surface area (Å²) in [6, 6.07) is -0.0714. The van der Waals surface area contributed by atoms with Crippen molar-refractivity contribution >= 4 is 33.3 Å². The van der Waals surface area contributed by atoms with Crippen LogP contribution in [0, 0.1) is 13.8 Å². The fourth-order valence-electron chi connectivity index (χ4n) is 3.34. The van der Waals surface area contributed by atoms with Gasteiger partial charge in [0.05, 0.1) is 23.7 Å². The molecule has 0 aliphatic carbocycles. The van der Waals surface area contributed by atoms with Gasteiger partial charge in [0.15, 0.2) is 0 Å². The van der Waals surface area contributed by atoms with E-state index in [0.29, 0.717) is 6.42 Å². The maximum atomic E-state index is 11.9. The number of thiophene rings is 1. The van der Waals surface area contributed by atoms with Crippen molar-refractivity contribution in [2.24, 2.45) is 7.05 Å². The number of rotatable bonds is 3. The van der Waals surface area contributed by atoms with Crippen LogP contribution in [0.25, 0.3) is 10.2 Å². The van der Waals surface area contributed by atoms with Gasteiger partial charge in [-0.2, -0.15) is 5.10 Å². The van der Waals surface area contributed by atoms with E-state index in [1.807, 2.05) is 26.4 Å². The molecule has 2 atom stereocenters. The molecule has 1 aliphatic rings. The van der Waals surface area contributed by atoms with E-state index >= 15 is 0 Å². The molecule has 25 heavy (non-hydrogen) atoms. The molecule has 3 aromatic rings. The molecule has 1 saturated heterocycles. The molecule has 4 rings (SSSR count). The quantitative estimate of drug-likeness (QED) is 0.753. The highest BCUT2D eigenvalue weighted by Crippen LogP contribution is 2.32. The predicted octanol–water partition coefficient (Wildman–Crippen LogP) is 2.47. The molecule has 0 unspecified atom stereocenters. The Bertz CT molecular complexity index is 946. The van der Waals surface area contributed by atoms with Crippen LogP contribution in [0.3, 0.4) is 0 Å². The number of aromatic nitrogens is 4. The summed E-state index contributed by atoms with van der Waals surface area (Å²) >= 11 is 1.63. The van der Waals surface area contributed by atoms with Crippen molar-refractivity contribution in [1.82, 2.24) is 25.1 Å². The Hall–Kier alpha value is -2.48. The highest BCUT2D eigenvalue weighted by Gasteiger charge is 2.31. The zero-order valence-electron chi connectivity index (χ0n) is 14.4. The summed E-state index contributed by atoms with van der Waals surface area (Å²) in [6.07, 6.45) is 5.01. The molecular formula is C17H20N6OS. The highest BCUT2D eigenvalue weighted by atomic mass is 32.1. The van der Waals surface area contributed by atoms with Crippen molar-refractivity contribution in [3.05, 3.63) is 34.7 Å². The lowest BCUT2D eigenvalue weighted by molar-refractivity contribution is -0.123. The average Bonchev–Trinajstić information content (AvgIpc) is 3.15. The third-order valence-electron chi connectivity index (χ3n) is 4.54. The van der Waals surface area contributed by atoms with Crippen LogP contribution in [0.5, 0.6) is 0 Å². The maximum absolute atomic E-state index is 11.9. The topological polar surface area (TPSA) is 84.7 Å². The fourth-order valence-corrected chi connectivity index (χ4v) is 4.31. The third-order valence-corrected chi connectivity index (χ3v) is 5.53. The molecule has 2 N–H and O–H groups in total. The molecule has 4 heterocycles. The Balaban J connectivity index is 1.71. The predicted molar refractivity (Wildman–Crippen MR) is 97.6 cm³/mol. The number of anilines is 1. The van der Waals surface area contributed by atoms with Crippen LogP contribution < -0.4 is 10.6 Å². The average molecular weight is 356 g/mol. The molecule has 130 valence electrons. The standard InChI is InChI=1S/C17H20N6OS/c1-9-8-25-17-14(9)16(19-10(2)20-17)21-12-4-5-13(24)22-15(12)11-6-18-23(3)7-11/h6-8,12,15H,4-5H2,1-3H3,(H,22,24)(H,19,20,21)/t12-,15+/m1/s1. The SMILES string of the molecule is Cc1nc(N[C@@H]2CCC(=O)N[C@H]2c2cnn(C)c2)c2c(C)csc2n1. The van der Waals surface area contributed by atoms with E-state index in [4.69, 9.17) is 0 Å². The minimum Gasteiger partial charge on any atom is -0.364 e. The van der Waals surface area contributed by atoms with Gasteiger partial charge in [-0.1, -0.05) is 0 Å². The van der Waals surface area contributed by atoms with Crippen molar-refractivity contribution in [2.45, 2.75) is 38.8 Å². The number of amides is 1. The molecule has 1 amide bonds. The smallest absolute Gasteiger partial charge is 0.220 e. The lowest BCUT2D eigenvalue weighted by Crippen LogP contribution is -2.45. The van der Waals surface area contributed by atoms with Crippen molar-refractivity contribution in [3.63, 3.8) is 0 Å². The Morgan fingerprint density at radius 2 is 2.20 bits per heavy atom. The maximum Gasteiger partial charge on any atom is 0.220 e. The molecule has 0 bridgehead atoms. The minimum atomic E-state index is -0.126. The van der Waals surface area contributed by atoms with Gasteiger partial charge in [0, 0.05) is 25.2 Å². The number of fused-ring (bicyclic) bond motifs is 1. The molecule has 0 radical (unpaired) electrons. The molecule has 1 fully saturated rings. The third kappa shape index (κ3) is 2.97. The Labute approximate surface area is 149 Å². The molecule has 7 nitrogen and oxygen atoms in total. The van der Waals surface area contributed by atoms with Crippen LogP contribution in [0.2, 0.25) is 0 Å². The van der Waals surface area contributed by atoms with E-state index < -0.39 is 0 Å². The number of hydrogen-bond acceptors (Lipinski definition) is 6. The number of carbonyl (C=O) groups is 1. The summed E-state index contributed by atoms with van der Waals surface area (Å²) in [5.74, 6) is 1.66. The Morgan fingerprint density at radius 3 is 2.96 bits per heavy atom. The first-order valence-electron chi connectivity index (χ1n) is 8.28. The molecule has 1 aliphatic heterocycles. The Kier molecular flexibility index (Phi) is 3.91. The largest absolute Gasteiger partial charge is 0.364 e. The van der Waals surface area contributed by atoms with E-state index in [2.05, 4.69) is 38.0 Å². The molecular weight excluding hydrogens is 336 g/mol. The van der Waals surface area contributed by atoms with Gasteiger partial charge in [0.1, 0.15) is 16.5 Å². The first-order valence-corrected chi connectivity index (χ1v) is 9.16. The van der Waals surface area contributed by atoms with E-state index in [1.165, 1.54) is 5.56 Å². The zero-order chi connectivity index (χ0) is 17.6. The number of nitrogens with zero attached hydrogens (tertiary/aromatic N) is 4. The lowest BCUT2D eigenvalue weighted by Gasteiger charge is -2.33. The first-order chi connectivity index (χ1) is 12.0. The summed E-state index contributed by atoms with van der Waals surface area (Å²) in [6.45, 7) is 3.98. The van der Waals surface area contributed by atoms with Gasteiger partial charge in [-0.25, -0.2) is 9.97 Å². The van der Waals surface area contributed by atoms with Crippen LogP contribution >= 0.6 is 11.3 Å².